The minimum Gasteiger partial charge on any atom is -0.462 e. The van der Waals surface area contributed by atoms with Crippen LogP contribution in [0.5, 0.6) is 0 Å². The zero-order valence-electron chi connectivity index (χ0n) is 11.7. The first-order chi connectivity index (χ1) is 7.70. The van der Waals surface area contributed by atoms with E-state index in [0.29, 0.717) is 12.2 Å². The molecule has 1 aromatic heterocycles. The number of rotatable bonds is 3. The summed E-state index contributed by atoms with van der Waals surface area (Å²) in [5, 5.41) is 0.248. The van der Waals surface area contributed by atoms with Crippen molar-refractivity contribution in [2.75, 3.05) is 6.61 Å². The summed E-state index contributed by atoms with van der Waals surface area (Å²) in [5.41, 5.74) is 0.650. The number of ether oxygens (including phenoxy) is 1. The maximum absolute atomic E-state index is 11.6. The Morgan fingerprint density at radius 1 is 1.41 bits per heavy atom. The van der Waals surface area contributed by atoms with E-state index in [4.69, 9.17) is 4.74 Å². The van der Waals surface area contributed by atoms with Gasteiger partial charge in [0.25, 0.3) is 0 Å². The predicted octanol–water partition coefficient (Wildman–Crippen LogP) is 3.52. The van der Waals surface area contributed by atoms with E-state index in [1.165, 1.54) is 0 Å². The zero-order chi connectivity index (χ0) is 13.3. The van der Waals surface area contributed by atoms with Crippen LogP contribution in [0.25, 0.3) is 0 Å². The Bertz CT molecular complexity index is 402. The SMILES string of the molecule is CCOC(=O)c1ccn([Si](C)(C)C(C)(C)C)c1. The summed E-state index contributed by atoms with van der Waals surface area (Å²) in [6.45, 7) is 13.6. The van der Waals surface area contributed by atoms with Crippen LogP contribution >= 0.6 is 0 Å². The van der Waals surface area contributed by atoms with Crippen LogP contribution in [-0.2, 0) is 4.74 Å². The van der Waals surface area contributed by atoms with Gasteiger partial charge in [-0.25, -0.2) is 4.79 Å². The van der Waals surface area contributed by atoms with Crippen LogP contribution in [0.3, 0.4) is 0 Å². The highest BCUT2D eigenvalue weighted by molar-refractivity contribution is 6.78. The van der Waals surface area contributed by atoms with Gasteiger partial charge >= 0.3 is 5.97 Å². The molecule has 1 heterocycles. The van der Waals surface area contributed by atoms with Gasteiger partial charge in [0.05, 0.1) is 12.2 Å². The zero-order valence-corrected chi connectivity index (χ0v) is 12.7. The molecule has 1 aromatic rings. The van der Waals surface area contributed by atoms with Crippen molar-refractivity contribution >= 4 is 14.2 Å². The molecule has 0 atom stereocenters. The molecule has 0 bridgehead atoms. The Balaban J connectivity index is 2.99. The smallest absolute Gasteiger partial charge is 0.339 e. The fraction of sp³-hybridized carbons (Fsp3) is 0.615. The lowest BCUT2D eigenvalue weighted by molar-refractivity contribution is 0.0526. The lowest BCUT2D eigenvalue weighted by Crippen LogP contribution is -2.44. The number of esters is 1. The van der Waals surface area contributed by atoms with Gasteiger partial charge in [-0.1, -0.05) is 33.9 Å². The highest BCUT2D eigenvalue weighted by Crippen LogP contribution is 2.37. The first kappa shape index (κ1) is 14.0. The van der Waals surface area contributed by atoms with E-state index < -0.39 is 8.24 Å². The van der Waals surface area contributed by atoms with Crippen LogP contribution in [0.15, 0.2) is 18.5 Å². The largest absolute Gasteiger partial charge is 0.462 e. The quantitative estimate of drug-likeness (QED) is 0.609. The molecule has 0 amide bonds. The molecule has 0 saturated carbocycles. The summed E-state index contributed by atoms with van der Waals surface area (Å²) in [6, 6.07) is 1.85. The second-order valence-corrected chi connectivity index (χ2v) is 11.0. The van der Waals surface area contributed by atoms with Crippen LogP contribution in [0, 0.1) is 0 Å². The van der Waals surface area contributed by atoms with E-state index in [-0.39, 0.29) is 11.0 Å². The molecule has 0 aliphatic rings. The minimum absolute atomic E-state index is 0.232. The van der Waals surface area contributed by atoms with Gasteiger partial charge in [-0.15, -0.1) is 0 Å². The van der Waals surface area contributed by atoms with E-state index in [2.05, 4.69) is 38.1 Å². The molecular formula is C13H23NO2Si. The van der Waals surface area contributed by atoms with Crippen LogP contribution in [-0.4, -0.2) is 25.0 Å². The summed E-state index contributed by atoms with van der Waals surface area (Å²) < 4.78 is 7.22. The van der Waals surface area contributed by atoms with Crippen molar-refractivity contribution in [2.45, 2.75) is 45.8 Å². The summed E-state index contributed by atoms with van der Waals surface area (Å²) >= 11 is 0. The first-order valence-electron chi connectivity index (χ1n) is 6.05. The minimum atomic E-state index is -1.62. The van der Waals surface area contributed by atoms with Gasteiger partial charge in [0.15, 0.2) is 8.24 Å². The van der Waals surface area contributed by atoms with Crippen molar-refractivity contribution in [2.24, 2.45) is 0 Å². The molecule has 4 heteroatoms. The topological polar surface area (TPSA) is 31.2 Å². The molecule has 0 saturated heterocycles. The number of carbonyl (C=O) groups excluding carboxylic acids is 1. The van der Waals surface area contributed by atoms with Gasteiger partial charge in [-0.3, -0.25) is 0 Å². The van der Waals surface area contributed by atoms with Crippen LogP contribution in [0.4, 0.5) is 0 Å². The fourth-order valence-corrected chi connectivity index (χ4v) is 3.15. The predicted molar refractivity (Wildman–Crippen MR) is 73.0 cm³/mol. The molecule has 3 nitrogen and oxygen atoms in total. The van der Waals surface area contributed by atoms with E-state index in [0.717, 1.165) is 0 Å². The van der Waals surface area contributed by atoms with Gasteiger partial charge in [0, 0.05) is 6.20 Å². The van der Waals surface area contributed by atoms with Crippen LogP contribution in [0.2, 0.25) is 18.1 Å². The molecule has 0 aliphatic heterocycles. The molecule has 17 heavy (non-hydrogen) atoms. The second-order valence-electron chi connectivity index (χ2n) is 5.84. The molecule has 0 radical (unpaired) electrons. The normalized spacial score (nSPS) is 12.6. The third-order valence-corrected chi connectivity index (χ3v) is 8.92. The standard InChI is InChI=1S/C13H23NO2Si/c1-7-16-12(15)11-8-9-14(10-11)17(5,6)13(2,3)4/h8-10H,7H2,1-6H3. The Kier molecular flexibility index (Phi) is 3.87. The number of aromatic nitrogens is 1. The lowest BCUT2D eigenvalue weighted by atomic mass is 10.2. The molecule has 1 rings (SSSR count). The van der Waals surface area contributed by atoms with Gasteiger partial charge in [0.1, 0.15) is 0 Å². The molecule has 0 aliphatic carbocycles. The van der Waals surface area contributed by atoms with Gasteiger partial charge in [-0.2, -0.15) is 0 Å². The van der Waals surface area contributed by atoms with Crippen molar-refractivity contribution in [1.82, 2.24) is 4.23 Å². The third kappa shape index (κ3) is 2.80. The molecule has 0 aromatic carbocycles. The fourth-order valence-electron chi connectivity index (χ4n) is 1.47. The second kappa shape index (κ2) is 4.68. The highest BCUT2D eigenvalue weighted by Gasteiger charge is 2.37. The monoisotopic (exact) mass is 253 g/mol. The van der Waals surface area contributed by atoms with Gasteiger partial charge in [-0.05, 0) is 24.2 Å². The lowest BCUT2D eigenvalue weighted by Gasteiger charge is -2.37. The number of hydrogen-bond acceptors (Lipinski definition) is 2. The van der Waals surface area contributed by atoms with E-state index in [1.54, 1.807) is 0 Å². The van der Waals surface area contributed by atoms with Crippen LogP contribution < -0.4 is 0 Å². The Labute approximate surface area is 105 Å². The average Bonchev–Trinajstić information content (AvgIpc) is 2.65. The van der Waals surface area contributed by atoms with Crippen LogP contribution in [0.1, 0.15) is 38.1 Å². The van der Waals surface area contributed by atoms with E-state index in [1.807, 2.05) is 25.4 Å². The first-order valence-corrected chi connectivity index (χ1v) is 9.00. The molecule has 0 fully saturated rings. The van der Waals surface area contributed by atoms with Crippen molar-refractivity contribution in [3.63, 3.8) is 0 Å². The molecule has 96 valence electrons. The molecule has 0 N–H and O–H groups in total. The van der Waals surface area contributed by atoms with Gasteiger partial charge in [0.2, 0.25) is 0 Å². The van der Waals surface area contributed by atoms with Gasteiger partial charge < -0.3 is 8.97 Å². The summed E-state index contributed by atoms with van der Waals surface area (Å²) in [6.07, 6.45) is 3.93. The summed E-state index contributed by atoms with van der Waals surface area (Å²) in [7, 11) is -1.62. The third-order valence-electron chi connectivity index (χ3n) is 3.68. The van der Waals surface area contributed by atoms with E-state index in [9.17, 15) is 4.79 Å². The van der Waals surface area contributed by atoms with E-state index >= 15 is 0 Å². The van der Waals surface area contributed by atoms with Crippen molar-refractivity contribution in [1.29, 1.82) is 0 Å². The number of nitrogens with zero attached hydrogens (tertiary/aromatic N) is 1. The molecule has 0 unspecified atom stereocenters. The van der Waals surface area contributed by atoms with Crippen molar-refractivity contribution in [3.8, 4) is 0 Å². The van der Waals surface area contributed by atoms with Crippen molar-refractivity contribution < 1.29 is 9.53 Å². The maximum atomic E-state index is 11.6. The average molecular weight is 253 g/mol. The molecule has 0 spiro atoms. The number of hydrogen-bond donors (Lipinski definition) is 0. The number of carbonyl (C=O) groups is 1. The summed E-state index contributed by atoms with van der Waals surface area (Å²) in [5.74, 6) is -0.232. The maximum Gasteiger partial charge on any atom is 0.339 e. The molecular weight excluding hydrogens is 230 g/mol. The summed E-state index contributed by atoms with van der Waals surface area (Å²) in [4.78, 5) is 11.6. The Morgan fingerprint density at radius 3 is 2.47 bits per heavy atom. The highest BCUT2D eigenvalue weighted by atomic mass is 28.3. The van der Waals surface area contributed by atoms with Crippen molar-refractivity contribution in [3.05, 3.63) is 24.0 Å². The Hall–Kier alpha value is -1.03. The Morgan fingerprint density at radius 2 is 2.00 bits per heavy atom.